The zero-order valence-corrected chi connectivity index (χ0v) is 13.9. The van der Waals surface area contributed by atoms with Gasteiger partial charge in [-0.3, -0.25) is 0 Å². The summed E-state index contributed by atoms with van der Waals surface area (Å²) in [6, 6.07) is 18.4. The van der Waals surface area contributed by atoms with E-state index in [0.29, 0.717) is 12.0 Å². The first kappa shape index (κ1) is 14.1. The largest absolute Gasteiger partial charge is 0.310 e. The molecule has 2 unspecified atom stereocenters. The molecule has 2 atom stereocenters. The maximum absolute atomic E-state index is 3.68. The van der Waals surface area contributed by atoms with Gasteiger partial charge in [-0.15, -0.1) is 0 Å². The number of fused-ring (bicyclic) bond motifs is 1. The van der Waals surface area contributed by atoms with E-state index in [9.17, 15) is 0 Å². The summed E-state index contributed by atoms with van der Waals surface area (Å²) in [7, 11) is 0. The van der Waals surface area contributed by atoms with E-state index in [1.165, 1.54) is 26.7 Å². The molecule has 2 aromatic rings. The highest BCUT2D eigenvalue weighted by Crippen LogP contribution is 2.37. The van der Waals surface area contributed by atoms with E-state index in [0.717, 1.165) is 13.0 Å². The smallest absolute Gasteiger partial charge is 0.0357 e. The molecule has 20 heavy (non-hydrogen) atoms. The van der Waals surface area contributed by atoms with Crippen LogP contribution >= 0.6 is 22.6 Å². The lowest BCUT2D eigenvalue weighted by Gasteiger charge is -2.21. The van der Waals surface area contributed by atoms with Crippen molar-refractivity contribution in [2.45, 2.75) is 25.8 Å². The van der Waals surface area contributed by atoms with Gasteiger partial charge in [0, 0.05) is 9.61 Å². The first-order chi connectivity index (χ1) is 9.78. The SMILES string of the molecule is CCNC1c2ccccc2CC1Cc1ccc(I)cc1. The van der Waals surface area contributed by atoms with Crippen molar-refractivity contribution in [1.29, 1.82) is 0 Å². The monoisotopic (exact) mass is 377 g/mol. The zero-order valence-electron chi connectivity index (χ0n) is 11.8. The van der Waals surface area contributed by atoms with Crippen LogP contribution in [0.3, 0.4) is 0 Å². The van der Waals surface area contributed by atoms with Gasteiger partial charge in [-0.05, 0) is 76.7 Å². The standard InChI is InChI=1S/C18H20IN/c1-2-20-18-15(11-13-7-9-16(19)10-8-13)12-14-5-3-4-6-17(14)18/h3-10,15,18,20H,2,11-12H2,1H3. The molecule has 2 aromatic carbocycles. The van der Waals surface area contributed by atoms with Crippen molar-refractivity contribution in [1.82, 2.24) is 5.32 Å². The zero-order chi connectivity index (χ0) is 13.9. The molecule has 0 amide bonds. The van der Waals surface area contributed by atoms with E-state index in [2.05, 4.69) is 83.4 Å². The number of benzene rings is 2. The minimum atomic E-state index is 0.510. The van der Waals surface area contributed by atoms with Gasteiger partial charge in [-0.1, -0.05) is 43.3 Å². The number of hydrogen-bond acceptors (Lipinski definition) is 1. The second-order valence-corrected chi connectivity index (χ2v) is 6.77. The summed E-state index contributed by atoms with van der Waals surface area (Å²) in [5, 5.41) is 3.68. The minimum Gasteiger partial charge on any atom is -0.310 e. The summed E-state index contributed by atoms with van der Waals surface area (Å²) in [5.41, 5.74) is 4.48. The summed E-state index contributed by atoms with van der Waals surface area (Å²) >= 11 is 2.37. The first-order valence-electron chi connectivity index (χ1n) is 7.33. The van der Waals surface area contributed by atoms with Crippen LogP contribution in [0.1, 0.15) is 29.7 Å². The molecule has 104 valence electrons. The van der Waals surface area contributed by atoms with Gasteiger partial charge in [0.1, 0.15) is 0 Å². The van der Waals surface area contributed by atoms with Crippen LogP contribution in [0.5, 0.6) is 0 Å². The molecule has 0 heterocycles. The molecule has 1 N–H and O–H groups in total. The lowest BCUT2D eigenvalue weighted by atomic mass is 9.93. The van der Waals surface area contributed by atoms with Crippen molar-refractivity contribution < 1.29 is 0 Å². The molecule has 2 heteroatoms. The summed E-state index contributed by atoms with van der Waals surface area (Å²) in [6.07, 6.45) is 2.35. The second-order valence-electron chi connectivity index (χ2n) is 5.53. The molecule has 0 radical (unpaired) electrons. The molecule has 0 aromatic heterocycles. The lowest BCUT2D eigenvalue weighted by Crippen LogP contribution is -2.26. The first-order valence-corrected chi connectivity index (χ1v) is 8.41. The summed E-state index contributed by atoms with van der Waals surface area (Å²) in [5.74, 6) is 0.674. The fraction of sp³-hybridized carbons (Fsp3) is 0.333. The maximum Gasteiger partial charge on any atom is 0.0357 e. The van der Waals surface area contributed by atoms with E-state index in [-0.39, 0.29) is 0 Å². The van der Waals surface area contributed by atoms with Crippen molar-refractivity contribution in [3.63, 3.8) is 0 Å². The number of halogens is 1. The van der Waals surface area contributed by atoms with Crippen LogP contribution in [0.15, 0.2) is 48.5 Å². The van der Waals surface area contributed by atoms with E-state index < -0.39 is 0 Å². The maximum atomic E-state index is 3.68. The Bertz CT molecular complexity index is 576. The Morgan fingerprint density at radius 3 is 2.60 bits per heavy atom. The summed E-state index contributed by atoms with van der Waals surface area (Å²) in [6.45, 7) is 3.23. The second kappa shape index (κ2) is 6.27. The molecule has 1 aliphatic carbocycles. The molecule has 1 aliphatic rings. The average molecular weight is 377 g/mol. The molecule has 0 saturated heterocycles. The Kier molecular flexibility index (Phi) is 4.41. The van der Waals surface area contributed by atoms with Gasteiger partial charge in [0.15, 0.2) is 0 Å². The fourth-order valence-electron chi connectivity index (χ4n) is 3.29. The molecule has 0 bridgehead atoms. The van der Waals surface area contributed by atoms with Crippen LogP contribution in [0.2, 0.25) is 0 Å². The van der Waals surface area contributed by atoms with Crippen LogP contribution < -0.4 is 5.32 Å². The van der Waals surface area contributed by atoms with Gasteiger partial charge >= 0.3 is 0 Å². The number of nitrogens with one attached hydrogen (secondary N) is 1. The quantitative estimate of drug-likeness (QED) is 0.781. The van der Waals surface area contributed by atoms with Gasteiger partial charge in [-0.25, -0.2) is 0 Å². The highest BCUT2D eigenvalue weighted by molar-refractivity contribution is 14.1. The van der Waals surface area contributed by atoms with Crippen molar-refractivity contribution >= 4 is 22.6 Å². The van der Waals surface area contributed by atoms with E-state index in [4.69, 9.17) is 0 Å². The molecular formula is C18H20IN. The third-order valence-corrected chi connectivity index (χ3v) is 4.90. The average Bonchev–Trinajstić information content (AvgIpc) is 2.80. The van der Waals surface area contributed by atoms with Gasteiger partial charge in [0.2, 0.25) is 0 Å². The normalized spacial score (nSPS) is 20.9. The van der Waals surface area contributed by atoms with Gasteiger partial charge in [0.25, 0.3) is 0 Å². The Hall–Kier alpha value is -0.870. The van der Waals surface area contributed by atoms with Crippen LogP contribution in [-0.4, -0.2) is 6.54 Å². The highest BCUT2D eigenvalue weighted by atomic mass is 127. The molecule has 1 nitrogen and oxygen atoms in total. The lowest BCUT2D eigenvalue weighted by molar-refractivity contribution is 0.394. The summed E-state index contributed by atoms with van der Waals surface area (Å²) in [4.78, 5) is 0. The van der Waals surface area contributed by atoms with Crippen molar-refractivity contribution in [3.05, 3.63) is 68.8 Å². The Morgan fingerprint density at radius 2 is 1.85 bits per heavy atom. The minimum absolute atomic E-state index is 0.510. The Labute approximate surface area is 134 Å². The van der Waals surface area contributed by atoms with E-state index in [1.807, 2.05) is 0 Å². The van der Waals surface area contributed by atoms with E-state index in [1.54, 1.807) is 0 Å². The van der Waals surface area contributed by atoms with Gasteiger partial charge in [0.05, 0.1) is 0 Å². The van der Waals surface area contributed by atoms with Gasteiger partial charge < -0.3 is 5.32 Å². The molecule has 0 saturated carbocycles. The third-order valence-electron chi connectivity index (χ3n) is 4.18. The van der Waals surface area contributed by atoms with Crippen molar-refractivity contribution in [2.24, 2.45) is 5.92 Å². The number of rotatable bonds is 4. The van der Waals surface area contributed by atoms with Crippen LogP contribution in [0.25, 0.3) is 0 Å². The van der Waals surface area contributed by atoms with Gasteiger partial charge in [-0.2, -0.15) is 0 Å². The topological polar surface area (TPSA) is 12.0 Å². The molecule has 0 aliphatic heterocycles. The predicted octanol–water partition coefficient (Wildman–Crippen LogP) is 4.36. The van der Waals surface area contributed by atoms with Crippen LogP contribution in [0, 0.1) is 9.49 Å². The predicted molar refractivity (Wildman–Crippen MR) is 92.9 cm³/mol. The molecule has 0 fully saturated rings. The Balaban J connectivity index is 1.81. The highest BCUT2D eigenvalue weighted by Gasteiger charge is 2.31. The molecule has 3 rings (SSSR count). The number of hydrogen-bond donors (Lipinski definition) is 1. The summed E-state index contributed by atoms with van der Waals surface area (Å²) < 4.78 is 1.31. The fourth-order valence-corrected chi connectivity index (χ4v) is 3.65. The van der Waals surface area contributed by atoms with Crippen molar-refractivity contribution in [2.75, 3.05) is 6.54 Å². The third kappa shape index (κ3) is 2.91. The van der Waals surface area contributed by atoms with Crippen molar-refractivity contribution in [3.8, 4) is 0 Å². The molecule has 0 spiro atoms. The van der Waals surface area contributed by atoms with Crippen LogP contribution in [0.4, 0.5) is 0 Å². The molecular weight excluding hydrogens is 357 g/mol. The Morgan fingerprint density at radius 1 is 1.10 bits per heavy atom. The van der Waals surface area contributed by atoms with E-state index >= 15 is 0 Å². The van der Waals surface area contributed by atoms with Crippen LogP contribution in [-0.2, 0) is 12.8 Å².